The van der Waals surface area contributed by atoms with Crippen molar-refractivity contribution in [2.24, 2.45) is 0 Å². The van der Waals surface area contributed by atoms with Gasteiger partial charge >= 0.3 is 0 Å². The Labute approximate surface area is 302 Å². The van der Waals surface area contributed by atoms with Crippen LogP contribution in [0.15, 0.2) is 205 Å². The van der Waals surface area contributed by atoms with Gasteiger partial charge in [-0.15, -0.1) is 0 Å². The van der Waals surface area contributed by atoms with Gasteiger partial charge in [0.25, 0.3) is 0 Å². The SMILES string of the molecule is c1ccc(-c2ccc(-c3ccc(N(c4ccc(-c5cccc6c5ccc5ccccc56)cc4)c4cccc5oc6ccccc6c45)cc3)cc2)cc1. The molecule has 0 saturated carbocycles. The van der Waals surface area contributed by atoms with Crippen LogP contribution < -0.4 is 4.90 Å². The highest BCUT2D eigenvalue weighted by Gasteiger charge is 2.20. The Morgan fingerprint density at radius 2 is 0.846 bits per heavy atom. The fraction of sp³-hybridized carbons (Fsp3) is 0. The second-order valence-electron chi connectivity index (χ2n) is 13.3. The number of rotatable bonds is 6. The zero-order chi connectivity index (χ0) is 34.4. The van der Waals surface area contributed by atoms with Crippen LogP contribution in [-0.4, -0.2) is 0 Å². The average Bonchev–Trinajstić information content (AvgIpc) is 3.61. The number of furan rings is 1. The summed E-state index contributed by atoms with van der Waals surface area (Å²) in [6.45, 7) is 0. The summed E-state index contributed by atoms with van der Waals surface area (Å²) in [4.78, 5) is 2.35. The zero-order valence-corrected chi connectivity index (χ0v) is 28.4. The fourth-order valence-electron chi connectivity index (χ4n) is 7.74. The molecule has 0 aliphatic rings. The molecule has 1 aromatic heterocycles. The van der Waals surface area contributed by atoms with Gasteiger partial charge in [0.15, 0.2) is 0 Å². The Balaban J connectivity index is 1.08. The second-order valence-corrected chi connectivity index (χ2v) is 13.3. The topological polar surface area (TPSA) is 16.4 Å². The van der Waals surface area contributed by atoms with Gasteiger partial charge in [-0.3, -0.25) is 0 Å². The lowest BCUT2D eigenvalue weighted by Gasteiger charge is -2.26. The molecule has 0 radical (unpaired) electrons. The highest BCUT2D eigenvalue weighted by molar-refractivity contribution is 6.14. The van der Waals surface area contributed by atoms with Gasteiger partial charge in [0, 0.05) is 16.8 Å². The van der Waals surface area contributed by atoms with Crippen molar-refractivity contribution in [3.63, 3.8) is 0 Å². The van der Waals surface area contributed by atoms with Crippen LogP contribution in [0.1, 0.15) is 0 Å². The largest absolute Gasteiger partial charge is 0.456 e. The summed E-state index contributed by atoms with van der Waals surface area (Å²) in [7, 11) is 0. The van der Waals surface area contributed by atoms with Gasteiger partial charge < -0.3 is 9.32 Å². The molecule has 0 spiro atoms. The molecule has 0 N–H and O–H groups in total. The van der Waals surface area contributed by atoms with Crippen LogP contribution in [0.5, 0.6) is 0 Å². The molecule has 0 saturated heterocycles. The van der Waals surface area contributed by atoms with E-state index in [0.717, 1.165) is 39.0 Å². The van der Waals surface area contributed by atoms with Crippen molar-refractivity contribution in [3.05, 3.63) is 200 Å². The van der Waals surface area contributed by atoms with Crippen molar-refractivity contribution in [2.45, 2.75) is 0 Å². The number of benzene rings is 9. The molecule has 52 heavy (non-hydrogen) atoms. The lowest BCUT2D eigenvalue weighted by Crippen LogP contribution is -2.10. The Kier molecular flexibility index (Phi) is 7.18. The first-order valence-electron chi connectivity index (χ1n) is 17.8. The van der Waals surface area contributed by atoms with E-state index in [1.807, 2.05) is 12.1 Å². The van der Waals surface area contributed by atoms with Crippen molar-refractivity contribution >= 4 is 60.5 Å². The minimum atomic E-state index is 0.874. The number of nitrogens with zero attached hydrogens (tertiary/aromatic N) is 1. The molecule has 1 heterocycles. The molecule has 244 valence electrons. The number of hydrogen-bond acceptors (Lipinski definition) is 2. The van der Waals surface area contributed by atoms with Crippen LogP contribution in [0.2, 0.25) is 0 Å². The summed E-state index contributed by atoms with van der Waals surface area (Å²) in [6.07, 6.45) is 0. The van der Waals surface area contributed by atoms with Crippen molar-refractivity contribution in [2.75, 3.05) is 4.90 Å². The van der Waals surface area contributed by atoms with E-state index in [0.29, 0.717) is 0 Å². The van der Waals surface area contributed by atoms with E-state index in [2.05, 4.69) is 193 Å². The number of para-hydroxylation sites is 1. The van der Waals surface area contributed by atoms with Crippen molar-refractivity contribution < 1.29 is 4.42 Å². The smallest absolute Gasteiger partial charge is 0.137 e. The Morgan fingerprint density at radius 1 is 0.308 bits per heavy atom. The number of anilines is 3. The molecule has 0 bridgehead atoms. The molecule has 0 atom stereocenters. The summed E-state index contributed by atoms with van der Waals surface area (Å²) in [5.41, 5.74) is 12.2. The maximum absolute atomic E-state index is 6.36. The summed E-state index contributed by atoms with van der Waals surface area (Å²) < 4.78 is 6.36. The van der Waals surface area contributed by atoms with Gasteiger partial charge in [0.1, 0.15) is 11.2 Å². The predicted octanol–water partition coefficient (Wildman–Crippen LogP) is 14.4. The van der Waals surface area contributed by atoms with E-state index in [1.54, 1.807) is 0 Å². The summed E-state index contributed by atoms with van der Waals surface area (Å²) in [5.74, 6) is 0. The van der Waals surface area contributed by atoms with Crippen LogP contribution in [0.25, 0.3) is 76.9 Å². The lowest BCUT2D eigenvalue weighted by atomic mass is 9.94. The second kappa shape index (κ2) is 12.5. The van der Waals surface area contributed by atoms with Crippen LogP contribution in [0.4, 0.5) is 17.1 Å². The maximum Gasteiger partial charge on any atom is 0.137 e. The highest BCUT2D eigenvalue weighted by atomic mass is 16.3. The minimum absolute atomic E-state index is 0.874. The van der Waals surface area contributed by atoms with E-state index in [1.165, 1.54) is 54.9 Å². The van der Waals surface area contributed by atoms with Gasteiger partial charge in [-0.1, -0.05) is 158 Å². The van der Waals surface area contributed by atoms with Crippen molar-refractivity contribution in [1.82, 2.24) is 0 Å². The van der Waals surface area contributed by atoms with Crippen LogP contribution in [0, 0.1) is 0 Å². The molecule has 9 aromatic carbocycles. The van der Waals surface area contributed by atoms with Gasteiger partial charge in [-0.25, -0.2) is 0 Å². The molecule has 0 amide bonds. The summed E-state index contributed by atoms with van der Waals surface area (Å²) in [5, 5.41) is 7.27. The van der Waals surface area contributed by atoms with Crippen LogP contribution in [-0.2, 0) is 0 Å². The molecule has 10 aromatic rings. The van der Waals surface area contributed by atoms with Crippen LogP contribution >= 0.6 is 0 Å². The molecule has 10 rings (SSSR count). The quantitative estimate of drug-likeness (QED) is 0.165. The van der Waals surface area contributed by atoms with E-state index >= 15 is 0 Å². The first-order valence-corrected chi connectivity index (χ1v) is 17.8. The minimum Gasteiger partial charge on any atom is -0.456 e. The summed E-state index contributed by atoms with van der Waals surface area (Å²) >= 11 is 0. The lowest BCUT2D eigenvalue weighted by molar-refractivity contribution is 0.669. The average molecular weight is 664 g/mol. The first-order chi connectivity index (χ1) is 25.8. The van der Waals surface area contributed by atoms with E-state index in [-0.39, 0.29) is 0 Å². The first kappa shape index (κ1) is 30.0. The molecule has 0 fully saturated rings. The molecule has 0 aliphatic carbocycles. The monoisotopic (exact) mass is 663 g/mol. The molecule has 2 nitrogen and oxygen atoms in total. The van der Waals surface area contributed by atoms with Gasteiger partial charge in [-0.2, -0.15) is 0 Å². The third-order valence-corrected chi connectivity index (χ3v) is 10.3. The number of fused-ring (bicyclic) bond motifs is 6. The highest BCUT2D eigenvalue weighted by Crippen LogP contribution is 2.44. The summed E-state index contributed by atoms with van der Waals surface area (Å²) in [6, 6.07) is 71.6. The van der Waals surface area contributed by atoms with Gasteiger partial charge in [-0.05, 0) is 97.4 Å². The normalized spacial score (nSPS) is 11.5. The standard InChI is InChI=1S/C50H33NO/c1-2-10-34(11-3-1)35-20-22-36(23-21-35)37-24-29-40(30-25-37)51(47-17-9-19-49-50(47)46-14-6-7-18-48(46)52-49)41-31-26-39(27-32-41)43-15-8-16-44-42-13-5-4-12-38(42)28-33-45(43)44/h1-33H. The van der Waals surface area contributed by atoms with Crippen LogP contribution in [0.3, 0.4) is 0 Å². The Hall–Kier alpha value is -6.90. The fourth-order valence-corrected chi connectivity index (χ4v) is 7.74. The molecule has 2 heteroatoms. The maximum atomic E-state index is 6.36. The third kappa shape index (κ3) is 5.12. The third-order valence-electron chi connectivity index (χ3n) is 10.3. The van der Waals surface area contributed by atoms with Crippen molar-refractivity contribution in [1.29, 1.82) is 0 Å². The zero-order valence-electron chi connectivity index (χ0n) is 28.4. The number of hydrogen-bond donors (Lipinski definition) is 0. The molecule has 0 aliphatic heterocycles. The van der Waals surface area contributed by atoms with E-state index in [9.17, 15) is 0 Å². The predicted molar refractivity (Wildman–Crippen MR) is 220 cm³/mol. The van der Waals surface area contributed by atoms with Crippen molar-refractivity contribution in [3.8, 4) is 33.4 Å². The van der Waals surface area contributed by atoms with Gasteiger partial charge in [0.05, 0.1) is 11.1 Å². The van der Waals surface area contributed by atoms with E-state index < -0.39 is 0 Å². The van der Waals surface area contributed by atoms with E-state index in [4.69, 9.17) is 4.42 Å². The Morgan fingerprint density at radius 3 is 1.58 bits per heavy atom. The Bertz CT molecular complexity index is 2870. The van der Waals surface area contributed by atoms with Gasteiger partial charge in [0.2, 0.25) is 0 Å². The molecular weight excluding hydrogens is 631 g/mol. The molecular formula is C50H33NO. The molecule has 0 unspecified atom stereocenters.